The lowest BCUT2D eigenvalue weighted by Gasteiger charge is -2.25. The van der Waals surface area contributed by atoms with Crippen LogP contribution in [0.5, 0.6) is 0 Å². The number of nitrogens with one attached hydrogen (secondary N) is 1. The molecule has 5 N–H and O–H groups in total. The number of pyridine rings is 2. The topological polar surface area (TPSA) is 181 Å². The Bertz CT molecular complexity index is 2250. The number of nitrogens with zero attached hydrogens (tertiary/aromatic N) is 7. The largest absolute Gasteiger partial charge is 0.383 e. The molecule has 6 aromatic rings. The van der Waals surface area contributed by atoms with Crippen molar-refractivity contribution < 1.29 is 19.1 Å². The van der Waals surface area contributed by atoms with E-state index < -0.39 is 11.8 Å². The van der Waals surface area contributed by atoms with Crippen molar-refractivity contribution in [2.75, 3.05) is 30.0 Å². The third-order valence-corrected chi connectivity index (χ3v) is 10.3. The first kappa shape index (κ1) is 37.2. The number of hydrogen-bond donors (Lipinski definition) is 3. The standard InChI is InChI=1S/C27H27ClN6O3.C11H13BrN4O/c28-21-11-5-4-10-19(21)17-33(16-18-8-2-1-3-9-18)27(36)26(35)32-22-15-30-25(29)20-14-31-34(24(20)22)23-12-6-7-13-37-23;12-8-6-14-11(13)7-5-15-16(10(7)8)9-3-1-2-4-17-9/h1-5,8-11,14-15,23H,6-7,12-13,16-17H2,(H2,29,30)(H,32,35);5-6,9H,1-4H2,(H2,13,14). The van der Waals surface area contributed by atoms with Crippen LogP contribution >= 0.6 is 27.5 Å². The van der Waals surface area contributed by atoms with Gasteiger partial charge in [-0.1, -0.05) is 60.1 Å². The van der Waals surface area contributed by atoms with Gasteiger partial charge in [0.1, 0.15) is 17.2 Å². The van der Waals surface area contributed by atoms with Crippen LogP contribution in [0, 0.1) is 0 Å². The third-order valence-electron chi connectivity index (χ3n) is 9.40. The molecule has 2 aromatic carbocycles. The second-order valence-corrected chi connectivity index (χ2v) is 14.3. The monoisotopic (exact) mass is 814 g/mol. The number of nitrogen functional groups attached to an aromatic ring is 2. The fraction of sp³-hybridized carbons (Fsp3) is 0.316. The van der Waals surface area contributed by atoms with E-state index in [4.69, 9.17) is 32.5 Å². The van der Waals surface area contributed by atoms with Crippen molar-refractivity contribution in [1.82, 2.24) is 34.4 Å². The van der Waals surface area contributed by atoms with Gasteiger partial charge in [-0.15, -0.1) is 0 Å². The lowest BCUT2D eigenvalue weighted by molar-refractivity contribution is -0.144. The summed E-state index contributed by atoms with van der Waals surface area (Å²) in [6, 6.07) is 16.7. The van der Waals surface area contributed by atoms with E-state index in [-0.39, 0.29) is 31.4 Å². The summed E-state index contributed by atoms with van der Waals surface area (Å²) in [4.78, 5) is 36.5. The van der Waals surface area contributed by atoms with Gasteiger partial charge < -0.3 is 31.2 Å². The van der Waals surface area contributed by atoms with Gasteiger partial charge in [-0.3, -0.25) is 9.59 Å². The second-order valence-electron chi connectivity index (χ2n) is 13.1. The molecule has 4 aromatic heterocycles. The van der Waals surface area contributed by atoms with Gasteiger partial charge in [-0.25, -0.2) is 19.3 Å². The highest BCUT2D eigenvalue weighted by molar-refractivity contribution is 9.10. The second kappa shape index (κ2) is 16.9. The number of rotatable bonds is 7. The fourth-order valence-corrected chi connectivity index (χ4v) is 7.34. The Hall–Kier alpha value is -5.09. The number of anilines is 3. The highest BCUT2D eigenvalue weighted by atomic mass is 79.9. The minimum absolute atomic E-state index is 0.0133. The molecular weight excluding hydrogens is 776 g/mol. The predicted octanol–water partition coefficient (Wildman–Crippen LogP) is 7.01. The van der Waals surface area contributed by atoms with Gasteiger partial charge >= 0.3 is 11.8 Å². The van der Waals surface area contributed by atoms with Crippen molar-refractivity contribution in [3.8, 4) is 0 Å². The van der Waals surface area contributed by atoms with Crippen molar-refractivity contribution in [3.63, 3.8) is 0 Å². The van der Waals surface area contributed by atoms with E-state index in [9.17, 15) is 9.59 Å². The number of carbonyl (C=O) groups is 2. The molecule has 2 unspecified atom stereocenters. The van der Waals surface area contributed by atoms with Crippen LogP contribution in [0.4, 0.5) is 17.3 Å². The van der Waals surface area contributed by atoms with Gasteiger partial charge in [0.2, 0.25) is 0 Å². The molecule has 2 atom stereocenters. The summed E-state index contributed by atoms with van der Waals surface area (Å²) in [7, 11) is 0. The molecule has 0 aliphatic carbocycles. The Kier molecular flexibility index (Phi) is 11.7. The van der Waals surface area contributed by atoms with E-state index in [1.807, 2.05) is 53.2 Å². The van der Waals surface area contributed by atoms with Gasteiger partial charge in [0.25, 0.3) is 0 Å². The molecule has 0 radical (unpaired) electrons. The summed E-state index contributed by atoms with van der Waals surface area (Å²) in [5, 5.41) is 13.6. The van der Waals surface area contributed by atoms with Crippen LogP contribution in [0.3, 0.4) is 0 Å². The van der Waals surface area contributed by atoms with Crippen molar-refractivity contribution in [2.45, 2.75) is 64.1 Å². The van der Waals surface area contributed by atoms with Crippen LogP contribution in [0.25, 0.3) is 21.8 Å². The molecule has 2 aliphatic heterocycles. The number of nitrogens with two attached hydrogens (primary N) is 2. The molecule has 0 saturated carbocycles. The summed E-state index contributed by atoms with van der Waals surface area (Å²) in [5.41, 5.74) is 15.4. The predicted molar refractivity (Wildman–Crippen MR) is 210 cm³/mol. The molecule has 16 heteroatoms. The minimum atomic E-state index is -0.798. The van der Waals surface area contributed by atoms with Gasteiger partial charge in [-0.05, 0) is 71.6 Å². The Morgan fingerprint density at radius 2 is 1.39 bits per heavy atom. The molecule has 2 saturated heterocycles. The first-order valence-corrected chi connectivity index (χ1v) is 18.9. The van der Waals surface area contributed by atoms with E-state index in [0.717, 1.165) is 65.2 Å². The summed E-state index contributed by atoms with van der Waals surface area (Å²) in [6.07, 6.45) is 12.3. The molecule has 2 fully saturated rings. The molecule has 2 amide bonds. The molecule has 14 nitrogen and oxygen atoms in total. The van der Waals surface area contributed by atoms with Gasteiger partial charge in [0, 0.05) is 37.5 Å². The summed E-state index contributed by atoms with van der Waals surface area (Å²) in [6.45, 7) is 1.83. The van der Waals surface area contributed by atoms with E-state index in [2.05, 4.69) is 41.4 Å². The number of benzene rings is 2. The number of carbonyl (C=O) groups excluding carboxylic acids is 2. The van der Waals surface area contributed by atoms with Crippen molar-refractivity contribution in [2.24, 2.45) is 0 Å². The normalized spacial score (nSPS) is 17.1. The highest BCUT2D eigenvalue weighted by Gasteiger charge is 2.27. The number of amides is 2. The molecule has 280 valence electrons. The van der Waals surface area contributed by atoms with Crippen LogP contribution in [0.1, 0.15) is 62.1 Å². The fourth-order valence-electron chi connectivity index (χ4n) is 6.64. The van der Waals surface area contributed by atoms with Crippen molar-refractivity contribution >= 4 is 78.5 Å². The zero-order valence-electron chi connectivity index (χ0n) is 29.4. The van der Waals surface area contributed by atoms with E-state index >= 15 is 0 Å². The number of aromatic nitrogens is 6. The van der Waals surface area contributed by atoms with Crippen LogP contribution < -0.4 is 16.8 Å². The molecule has 54 heavy (non-hydrogen) atoms. The first-order valence-electron chi connectivity index (χ1n) is 17.8. The Morgan fingerprint density at radius 1 is 0.796 bits per heavy atom. The number of ether oxygens (including phenoxy) is 2. The SMILES string of the molecule is Nc1ncc(Br)c2c1cnn2C1CCCCO1.Nc1ncc(NC(=O)C(=O)N(Cc2ccccc2)Cc2ccccc2Cl)c2c1cnn2C1CCCCO1. The summed E-state index contributed by atoms with van der Waals surface area (Å²) in [5.74, 6) is -0.710. The van der Waals surface area contributed by atoms with E-state index in [1.54, 1.807) is 29.3 Å². The summed E-state index contributed by atoms with van der Waals surface area (Å²) < 4.78 is 16.1. The molecule has 8 rings (SSSR count). The Morgan fingerprint density at radius 3 is 2.02 bits per heavy atom. The minimum Gasteiger partial charge on any atom is -0.383 e. The van der Waals surface area contributed by atoms with E-state index in [1.165, 1.54) is 17.5 Å². The molecular formula is C38H40BrClN10O4. The van der Waals surface area contributed by atoms with Crippen LogP contribution in [0.15, 0.2) is 83.9 Å². The zero-order chi connectivity index (χ0) is 37.6. The molecule has 2 aliphatic rings. The average molecular weight is 816 g/mol. The maximum Gasteiger partial charge on any atom is 0.314 e. The third kappa shape index (κ3) is 8.18. The quantitative estimate of drug-likeness (QED) is 0.142. The summed E-state index contributed by atoms with van der Waals surface area (Å²) >= 11 is 9.86. The van der Waals surface area contributed by atoms with Crippen molar-refractivity contribution in [1.29, 1.82) is 0 Å². The van der Waals surface area contributed by atoms with E-state index in [0.29, 0.717) is 34.0 Å². The maximum atomic E-state index is 13.5. The molecule has 0 spiro atoms. The zero-order valence-corrected chi connectivity index (χ0v) is 31.7. The number of hydrogen-bond acceptors (Lipinski definition) is 10. The highest BCUT2D eigenvalue weighted by Crippen LogP contribution is 2.33. The van der Waals surface area contributed by atoms with Crippen molar-refractivity contribution in [3.05, 3.63) is 100 Å². The number of fused-ring (bicyclic) bond motifs is 2. The van der Waals surface area contributed by atoms with Crippen LogP contribution in [-0.4, -0.2) is 59.5 Å². The van der Waals surface area contributed by atoms with Gasteiger partial charge in [0.05, 0.1) is 45.0 Å². The average Bonchev–Trinajstić information content (AvgIpc) is 3.87. The Labute approximate surface area is 324 Å². The molecule has 6 heterocycles. The lowest BCUT2D eigenvalue weighted by Crippen LogP contribution is -2.39. The van der Waals surface area contributed by atoms with Crippen LogP contribution in [0.2, 0.25) is 5.02 Å². The van der Waals surface area contributed by atoms with Gasteiger partial charge in [-0.2, -0.15) is 10.2 Å². The van der Waals surface area contributed by atoms with Crippen LogP contribution in [-0.2, 0) is 32.2 Å². The smallest absolute Gasteiger partial charge is 0.314 e. The first-order chi connectivity index (χ1) is 26.3. The maximum absolute atomic E-state index is 13.5. The Balaban J connectivity index is 0.000000219. The lowest BCUT2D eigenvalue weighted by atomic mass is 10.1. The molecule has 0 bridgehead atoms. The number of halogens is 2. The van der Waals surface area contributed by atoms with Gasteiger partial charge in [0.15, 0.2) is 12.5 Å².